The molecule has 0 spiro atoms. The molecular weight excluding hydrogens is 459 g/mol. The van der Waals surface area contributed by atoms with Gasteiger partial charge in [0, 0.05) is 44.0 Å². The Labute approximate surface area is 167 Å². The lowest BCUT2D eigenvalue weighted by Gasteiger charge is -2.19. The van der Waals surface area contributed by atoms with Gasteiger partial charge in [-0.1, -0.05) is 26.8 Å². The Hall–Kier alpha value is -0.390. The van der Waals surface area contributed by atoms with Crippen LogP contribution in [0.2, 0.25) is 0 Å². The van der Waals surface area contributed by atoms with Gasteiger partial charge >= 0.3 is 0 Å². The molecule has 1 atom stereocenters. The van der Waals surface area contributed by atoms with Gasteiger partial charge in [0.15, 0.2) is 5.96 Å². The first-order valence-corrected chi connectivity index (χ1v) is 10.4. The lowest BCUT2D eigenvalue weighted by Crippen LogP contribution is -2.43. The summed E-state index contributed by atoms with van der Waals surface area (Å²) in [5, 5.41) is 8.37. The molecule has 24 heavy (non-hydrogen) atoms. The number of hydrogen-bond donors (Lipinski definition) is 2. The molecule has 0 aliphatic carbocycles. The fraction of sp³-hybridized carbons (Fsp3) is 0.667. The van der Waals surface area contributed by atoms with Crippen LogP contribution in [0.1, 0.15) is 31.6 Å². The van der Waals surface area contributed by atoms with Crippen LogP contribution in [0.15, 0.2) is 22.5 Å². The summed E-state index contributed by atoms with van der Waals surface area (Å²) < 4.78 is 25.7. The second-order valence-electron chi connectivity index (χ2n) is 5.20. The monoisotopic (exact) mass is 488 g/mol. The average Bonchev–Trinajstić information content (AvgIpc) is 3.05. The van der Waals surface area contributed by atoms with Gasteiger partial charge in [-0.25, -0.2) is 12.7 Å². The minimum absolute atomic E-state index is 0. The van der Waals surface area contributed by atoms with Crippen molar-refractivity contribution in [1.29, 1.82) is 0 Å². The van der Waals surface area contributed by atoms with E-state index < -0.39 is 10.0 Å². The Morgan fingerprint density at radius 2 is 2.00 bits per heavy atom. The van der Waals surface area contributed by atoms with Crippen LogP contribution >= 0.6 is 35.3 Å². The second-order valence-corrected chi connectivity index (χ2v) is 8.26. The van der Waals surface area contributed by atoms with Gasteiger partial charge in [0.2, 0.25) is 10.0 Å². The van der Waals surface area contributed by atoms with E-state index in [1.807, 2.05) is 19.9 Å². The lowest BCUT2D eigenvalue weighted by atomic mass is 10.1. The van der Waals surface area contributed by atoms with E-state index >= 15 is 0 Å². The molecule has 0 fully saturated rings. The smallest absolute Gasteiger partial charge is 0.215 e. The normalized spacial score (nSPS) is 13.5. The SMILES string of the molecule is CCN(CC)S(=O)(=O)CCNC(=NC)NCC(C)c1cccs1.I. The third-order valence-corrected chi connectivity index (χ3v) is 6.71. The fourth-order valence-electron chi connectivity index (χ4n) is 2.19. The van der Waals surface area contributed by atoms with E-state index in [9.17, 15) is 8.42 Å². The summed E-state index contributed by atoms with van der Waals surface area (Å²) in [4.78, 5) is 5.45. The van der Waals surface area contributed by atoms with E-state index in [1.165, 1.54) is 9.18 Å². The topological polar surface area (TPSA) is 73.8 Å². The number of rotatable bonds is 9. The minimum Gasteiger partial charge on any atom is -0.356 e. The van der Waals surface area contributed by atoms with Crippen LogP contribution in [0.4, 0.5) is 0 Å². The van der Waals surface area contributed by atoms with Crippen molar-refractivity contribution in [3.8, 4) is 0 Å². The molecule has 140 valence electrons. The summed E-state index contributed by atoms with van der Waals surface area (Å²) in [7, 11) is -1.52. The van der Waals surface area contributed by atoms with Gasteiger partial charge in [-0.3, -0.25) is 4.99 Å². The zero-order valence-corrected chi connectivity index (χ0v) is 18.7. The van der Waals surface area contributed by atoms with Crippen LogP contribution in [0.3, 0.4) is 0 Å². The largest absolute Gasteiger partial charge is 0.356 e. The number of thiophene rings is 1. The van der Waals surface area contributed by atoms with Crippen molar-refractivity contribution >= 4 is 51.3 Å². The molecule has 1 heterocycles. The number of aliphatic imine (C=N–C) groups is 1. The molecule has 1 aromatic rings. The molecule has 0 bridgehead atoms. The number of halogens is 1. The maximum atomic E-state index is 12.1. The van der Waals surface area contributed by atoms with Gasteiger partial charge in [0.25, 0.3) is 0 Å². The van der Waals surface area contributed by atoms with Crippen LogP contribution in [0, 0.1) is 0 Å². The first kappa shape index (κ1) is 23.6. The first-order chi connectivity index (χ1) is 10.9. The van der Waals surface area contributed by atoms with Crippen LogP contribution in [-0.4, -0.2) is 57.7 Å². The van der Waals surface area contributed by atoms with Crippen LogP contribution in [0.5, 0.6) is 0 Å². The van der Waals surface area contributed by atoms with Crippen molar-refractivity contribution < 1.29 is 8.42 Å². The van der Waals surface area contributed by atoms with Crippen molar-refractivity contribution in [2.45, 2.75) is 26.7 Å². The Bertz CT molecular complexity index is 572. The molecule has 2 N–H and O–H groups in total. The molecule has 9 heteroatoms. The summed E-state index contributed by atoms with van der Waals surface area (Å²) in [5.74, 6) is 1.08. The number of sulfonamides is 1. The highest BCUT2D eigenvalue weighted by Gasteiger charge is 2.18. The van der Waals surface area contributed by atoms with E-state index in [2.05, 4.69) is 34.0 Å². The minimum atomic E-state index is -3.20. The highest BCUT2D eigenvalue weighted by atomic mass is 127. The average molecular weight is 488 g/mol. The number of nitrogens with one attached hydrogen (secondary N) is 2. The van der Waals surface area contributed by atoms with E-state index in [-0.39, 0.29) is 29.7 Å². The second kappa shape index (κ2) is 12.0. The maximum Gasteiger partial charge on any atom is 0.215 e. The molecule has 0 saturated heterocycles. The molecule has 0 amide bonds. The molecule has 0 saturated carbocycles. The molecule has 0 aliphatic rings. The molecule has 6 nitrogen and oxygen atoms in total. The predicted molar refractivity (Wildman–Crippen MR) is 114 cm³/mol. The van der Waals surface area contributed by atoms with Gasteiger partial charge in [-0.05, 0) is 11.4 Å². The number of hydrogen-bond acceptors (Lipinski definition) is 4. The summed E-state index contributed by atoms with van der Waals surface area (Å²) in [6.07, 6.45) is 0. The Morgan fingerprint density at radius 1 is 1.33 bits per heavy atom. The Balaban J connectivity index is 0.00000529. The van der Waals surface area contributed by atoms with E-state index in [1.54, 1.807) is 18.4 Å². The van der Waals surface area contributed by atoms with Crippen LogP contribution in [-0.2, 0) is 10.0 Å². The van der Waals surface area contributed by atoms with Crippen molar-refractivity contribution in [3.63, 3.8) is 0 Å². The fourth-order valence-corrected chi connectivity index (χ4v) is 4.38. The lowest BCUT2D eigenvalue weighted by molar-refractivity contribution is 0.445. The van der Waals surface area contributed by atoms with Crippen LogP contribution in [0.25, 0.3) is 0 Å². The van der Waals surface area contributed by atoms with Gasteiger partial charge < -0.3 is 10.6 Å². The van der Waals surface area contributed by atoms with Crippen molar-refractivity contribution in [2.75, 3.05) is 39.0 Å². The Kier molecular flexibility index (Phi) is 11.8. The highest BCUT2D eigenvalue weighted by molar-refractivity contribution is 14.0. The van der Waals surface area contributed by atoms with Gasteiger partial charge in [0.1, 0.15) is 0 Å². The summed E-state index contributed by atoms with van der Waals surface area (Å²) in [5.41, 5.74) is 0. The van der Waals surface area contributed by atoms with Crippen LogP contribution < -0.4 is 10.6 Å². The van der Waals surface area contributed by atoms with Gasteiger partial charge in [-0.15, -0.1) is 35.3 Å². The van der Waals surface area contributed by atoms with E-state index in [0.717, 1.165) is 6.54 Å². The number of nitrogens with zero attached hydrogens (tertiary/aromatic N) is 2. The quantitative estimate of drug-likeness (QED) is 0.318. The zero-order valence-electron chi connectivity index (χ0n) is 14.8. The molecule has 1 aromatic heterocycles. The highest BCUT2D eigenvalue weighted by Crippen LogP contribution is 2.19. The molecule has 1 unspecified atom stereocenters. The van der Waals surface area contributed by atoms with Gasteiger partial charge in [0.05, 0.1) is 5.75 Å². The summed E-state index contributed by atoms with van der Waals surface area (Å²) in [6.45, 7) is 7.95. The summed E-state index contributed by atoms with van der Waals surface area (Å²) >= 11 is 1.73. The van der Waals surface area contributed by atoms with Crippen molar-refractivity contribution in [3.05, 3.63) is 22.4 Å². The van der Waals surface area contributed by atoms with E-state index in [4.69, 9.17) is 0 Å². The number of guanidine groups is 1. The third-order valence-electron chi connectivity index (χ3n) is 3.58. The molecule has 0 aliphatic heterocycles. The maximum absolute atomic E-state index is 12.1. The predicted octanol–water partition coefficient (Wildman–Crippen LogP) is 2.31. The van der Waals surface area contributed by atoms with Crippen molar-refractivity contribution in [2.24, 2.45) is 4.99 Å². The Morgan fingerprint density at radius 3 is 2.50 bits per heavy atom. The van der Waals surface area contributed by atoms with Gasteiger partial charge in [-0.2, -0.15) is 0 Å². The third kappa shape index (κ3) is 7.66. The standard InChI is InChI=1S/C15H28N4O2S2.HI/c1-5-19(6-2)23(20,21)11-9-17-15(16-4)18-12-13(3)14-8-7-10-22-14;/h7-8,10,13H,5-6,9,11-12H2,1-4H3,(H2,16,17,18);1H. The summed E-state index contributed by atoms with van der Waals surface area (Å²) in [6, 6.07) is 4.16. The molecular formula is C15H29IN4O2S2. The molecule has 0 aromatic carbocycles. The van der Waals surface area contributed by atoms with E-state index in [0.29, 0.717) is 31.5 Å². The molecule has 0 radical (unpaired) electrons. The molecule has 1 rings (SSSR count). The first-order valence-electron chi connectivity index (χ1n) is 7.90. The van der Waals surface area contributed by atoms with Crippen molar-refractivity contribution in [1.82, 2.24) is 14.9 Å². The zero-order chi connectivity index (χ0) is 17.3.